The molecule has 1 N–H and O–H groups in total. The summed E-state index contributed by atoms with van der Waals surface area (Å²) in [6.45, 7) is 5.09. The first-order chi connectivity index (χ1) is 13.7. The molecule has 1 amide bonds. The number of nitrogens with zero attached hydrogens (tertiary/aromatic N) is 5. The van der Waals surface area contributed by atoms with Gasteiger partial charge in [-0.05, 0) is 32.9 Å². The van der Waals surface area contributed by atoms with Crippen LogP contribution in [0.15, 0.2) is 18.3 Å². The molecule has 12 heteroatoms. The number of ether oxygens (including phenoxy) is 1. The van der Waals surface area contributed by atoms with Crippen molar-refractivity contribution in [2.45, 2.75) is 27.4 Å². The van der Waals surface area contributed by atoms with Gasteiger partial charge in [0.1, 0.15) is 23.1 Å². The number of carbonyl (C=O) groups excluding carboxylic acids is 2. The van der Waals surface area contributed by atoms with Gasteiger partial charge in [0.25, 0.3) is 5.91 Å². The fraction of sp³-hybridized carbons (Fsp3) is 0.294. The van der Waals surface area contributed by atoms with Crippen molar-refractivity contribution >= 4 is 33.9 Å². The molecule has 0 aliphatic carbocycles. The molecule has 3 rings (SSSR count). The monoisotopic (exact) mass is 418 g/mol. The first kappa shape index (κ1) is 20.2. The van der Waals surface area contributed by atoms with Crippen molar-refractivity contribution in [3.63, 3.8) is 0 Å². The van der Waals surface area contributed by atoms with Crippen LogP contribution in [0.1, 0.15) is 37.1 Å². The van der Waals surface area contributed by atoms with Crippen LogP contribution < -0.4 is 5.32 Å². The summed E-state index contributed by atoms with van der Waals surface area (Å²) in [5.41, 5.74) is 1.06. The minimum Gasteiger partial charge on any atom is -0.465 e. The van der Waals surface area contributed by atoms with Gasteiger partial charge in [0, 0.05) is 11.1 Å². The van der Waals surface area contributed by atoms with Gasteiger partial charge in [-0.1, -0.05) is 0 Å². The van der Waals surface area contributed by atoms with Crippen molar-refractivity contribution in [1.29, 1.82) is 0 Å². The van der Waals surface area contributed by atoms with Crippen LogP contribution in [0.2, 0.25) is 0 Å². The Hall–Kier alpha value is -3.54. The normalized spacial score (nSPS) is 10.8. The predicted octanol–water partition coefficient (Wildman–Crippen LogP) is 2.52. The van der Waals surface area contributed by atoms with E-state index in [-0.39, 0.29) is 23.6 Å². The molecule has 0 unspecified atom stereocenters. The number of amides is 1. The Labute approximate surface area is 169 Å². The summed E-state index contributed by atoms with van der Waals surface area (Å²) in [6.07, 6.45) is 1.57. The molecular formula is C17H18N6O5S. The van der Waals surface area contributed by atoms with Gasteiger partial charge in [-0.3, -0.25) is 19.6 Å². The van der Waals surface area contributed by atoms with E-state index in [1.165, 1.54) is 33.9 Å². The third-order valence-corrected chi connectivity index (χ3v) is 5.13. The topological polar surface area (TPSA) is 134 Å². The number of aryl methyl sites for hydroxylation is 2. The summed E-state index contributed by atoms with van der Waals surface area (Å²) < 4.78 is 7.61. The smallest absolute Gasteiger partial charge is 0.340 e. The van der Waals surface area contributed by atoms with E-state index in [1.807, 2.05) is 6.92 Å². The number of methoxy groups -OCH3 is 1. The fourth-order valence-electron chi connectivity index (χ4n) is 2.82. The molecule has 0 atom stereocenters. The highest BCUT2D eigenvalue weighted by molar-refractivity contribution is 7.16. The van der Waals surface area contributed by atoms with Crippen molar-refractivity contribution in [3.8, 4) is 0 Å². The Balaban J connectivity index is 1.77. The van der Waals surface area contributed by atoms with E-state index in [9.17, 15) is 19.7 Å². The highest BCUT2D eigenvalue weighted by atomic mass is 32.1. The van der Waals surface area contributed by atoms with Crippen molar-refractivity contribution in [2.24, 2.45) is 0 Å². The van der Waals surface area contributed by atoms with Gasteiger partial charge >= 0.3 is 11.7 Å². The molecule has 0 aromatic carbocycles. The maximum atomic E-state index is 12.5. The summed E-state index contributed by atoms with van der Waals surface area (Å²) in [5, 5.41) is 22.5. The van der Waals surface area contributed by atoms with E-state index < -0.39 is 16.8 Å². The fourth-order valence-corrected chi connectivity index (χ4v) is 3.72. The Morgan fingerprint density at radius 3 is 2.66 bits per heavy atom. The number of thiophene rings is 1. The molecule has 0 saturated heterocycles. The lowest BCUT2D eigenvalue weighted by atomic mass is 10.3. The number of aromatic nitrogens is 4. The molecule has 0 radical (unpaired) electrons. The van der Waals surface area contributed by atoms with E-state index in [2.05, 4.69) is 15.5 Å². The SMILES string of the molecule is COC(=O)c1cc(C)sc1NC(=O)c1ccn(Cn2nc(C)c([N+](=O)[O-])c2C)n1. The third kappa shape index (κ3) is 4.01. The molecular weight excluding hydrogens is 400 g/mol. The largest absolute Gasteiger partial charge is 0.465 e. The number of nitro groups is 1. The minimum atomic E-state index is -0.540. The number of carbonyl (C=O) groups is 2. The van der Waals surface area contributed by atoms with Gasteiger partial charge in [0.2, 0.25) is 0 Å². The molecule has 0 fully saturated rings. The Morgan fingerprint density at radius 1 is 1.31 bits per heavy atom. The quantitative estimate of drug-likeness (QED) is 0.369. The van der Waals surface area contributed by atoms with Crippen molar-refractivity contribution in [1.82, 2.24) is 19.6 Å². The van der Waals surface area contributed by atoms with E-state index in [4.69, 9.17) is 4.74 Å². The van der Waals surface area contributed by atoms with Gasteiger partial charge in [0.15, 0.2) is 5.69 Å². The first-order valence-electron chi connectivity index (χ1n) is 8.43. The number of rotatable bonds is 6. The number of anilines is 1. The molecule has 29 heavy (non-hydrogen) atoms. The molecule has 0 saturated carbocycles. The van der Waals surface area contributed by atoms with Crippen LogP contribution in [-0.4, -0.2) is 43.5 Å². The number of esters is 1. The van der Waals surface area contributed by atoms with E-state index >= 15 is 0 Å². The molecule has 3 aromatic rings. The summed E-state index contributed by atoms with van der Waals surface area (Å²) in [4.78, 5) is 35.9. The van der Waals surface area contributed by atoms with Crippen molar-refractivity contribution in [3.05, 3.63) is 56.0 Å². The maximum absolute atomic E-state index is 12.5. The van der Waals surface area contributed by atoms with Crippen LogP contribution in [0, 0.1) is 30.9 Å². The van der Waals surface area contributed by atoms with Crippen molar-refractivity contribution in [2.75, 3.05) is 12.4 Å². The Morgan fingerprint density at radius 2 is 2.03 bits per heavy atom. The summed E-state index contributed by atoms with van der Waals surface area (Å²) in [6, 6.07) is 3.15. The van der Waals surface area contributed by atoms with Gasteiger partial charge in [-0.2, -0.15) is 10.2 Å². The minimum absolute atomic E-state index is 0.0430. The molecule has 0 aliphatic heterocycles. The van der Waals surface area contributed by atoms with Gasteiger partial charge in [0.05, 0.1) is 17.6 Å². The number of nitrogens with one attached hydrogen (secondary N) is 1. The second kappa shape index (κ2) is 7.83. The van der Waals surface area contributed by atoms with Crippen LogP contribution in [0.25, 0.3) is 0 Å². The summed E-state index contributed by atoms with van der Waals surface area (Å²) >= 11 is 1.25. The molecule has 3 aromatic heterocycles. The zero-order valence-electron chi connectivity index (χ0n) is 16.1. The lowest BCUT2D eigenvalue weighted by molar-refractivity contribution is -0.386. The van der Waals surface area contributed by atoms with E-state index in [0.717, 1.165) is 4.88 Å². The summed E-state index contributed by atoms with van der Waals surface area (Å²) in [5.74, 6) is -1.03. The van der Waals surface area contributed by atoms with E-state index in [0.29, 0.717) is 16.4 Å². The average Bonchev–Trinajstić information content (AvgIpc) is 3.33. The highest BCUT2D eigenvalue weighted by Gasteiger charge is 2.22. The zero-order chi connectivity index (χ0) is 21.3. The Bertz CT molecular complexity index is 1110. The van der Waals surface area contributed by atoms with Crippen LogP contribution in [0.4, 0.5) is 10.7 Å². The van der Waals surface area contributed by atoms with Crippen LogP contribution in [0.5, 0.6) is 0 Å². The molecule has 0 aliphatic rings. The van der Waals surface area contributed by atoms with Crippen LogP contribution in [-0.2, 0) is 11.4 Å². The molecule has 0 spiro atoms. The van der Waals surface area contributed by atoms with E-state index in [1.54, 1.807) is 26.1 Å². The number of hydrogen-bond donors (Lipinski definition) is 1. The highest BCUT2D eigenvalue weighted by Crippen LogP contribution is 2.28. The molecule has 11 nitrogen and oxygen atoms in total. The van der Waals surface area contributed by atoms with Gasteiger partial charge in [-0.15, -0.1) is 11.3 Å². The van der Waals surface area contributed by atoms with Crippen LogP contribution in [0.3, 0.4) is 0 Å². The lowest BCUT2D eigenvalue weighted by Crippen LogP contribution is -2.16. The second-order valence-corrected chi connectivity index (χ2v) is 7.46. The molecule has 152 valence electrons. The third-order valence-electron chi connectivity index (χ3n) is 4.17. The summed E-state index contributed by atoms with van der Waals surface area (Å²) in [7, 11) is 1.27. The second-order valence-electron chi connectivity index (χ2n) is 6.20. The van der Waals surface area contributed by atoms with Gasteiger partial charge in [-0.25, -0.2) is 9.48 Å². The average molecular weight is 418 g/mol. The Kier molecular flexibility index (Phi) is 5.46. The predicted molar refractivity (Wildman–Crippen MR) is 104 cm³/mol. The van der Waals surface area contributed by atoms with Crippen LogP contribution >= 0.6 is 11.3 Å². The lowest BCUT2D eigenvalue weighted by Gasteiger charge is -2.05. The molecule has 0 bridgehead atoms. The number of hydrogen-bond acceptors (Lipinski definition) is 8. The van der Waals surface area contributed by atoms with Gasteiger partial charge < -0.3 is 10.1 Å². The standard InChI is InChI=1S/C17H18N6O5S/c1-9-7-12(17(25)28-4)16(29-9)18-15(24)13-5-6-21(20-13)8-22-11(3)14(23(26)27)10(2)19-22/h5-7H,8H2,1-4H3,(H,18,24). The van der Waals surface area contributed by atoms with Crippen molar-refractivity contribution < 1.29 is 19.2 Å². The maximum Gasteiger partial charge on any atom is 0.340 e. The molecule has 3 heterocycles. The first-order valence-corrected chi connectivity index (χ1v) is 9.24. The zero-order valence-corrected chi connectivity index (χ0v) is 16.9.